The van der Waals surface area contributed by atoms with Crippen molar-refractivity contribution in [3.63, 3.8) is 0 Å². The molecule has 96 valence electrons. The standard InChI is InChI=1S/C13H15ClIN3/c1-2-18-8-9(7-17-18)5-13(16)11-6-10(14)3-4-12(11)15/h3-4,6-8,13H,2,5,16H2,1H3. The van der Waals surface area contributed by atoms with Gasteiger partial charge in [0.15, 0.2) is 0 Å². The van der Waals surface area contributed by atoms with Crippen LogP contribution in [0.1, 0.15) is 24.1 Å². The van der Waals surface area contributed by atoms with Crippen LogP contribution >= 0.6 is 34.2 Å². The van der Waals surface area contributed by atoms with Crippen LogP contribution in [-0.2, 0) is 13.0 Å². The predicted molar refractivity (Wildman–Crippen MR) is 82.7 cm³/mol. The normalized spacial score (nSPS) is 12.7. The minimum absolute atomic E-state index is 0.0508. The molecular weight excluding hydrogens is 361 g/mol. The van der Waals surface area contributed by atoms with Gasteiger partial charge < -0.3 is 5.73 Å². The van der Waals surface area contributed by atoms with Gasteiger partial charge in [-0.1, -0.05) is 11.6 Å². The first-order chi connectivity index (χ1) is 8.60. The molecule has 1 aromatic heterocycles. The third-order valence-electron chi connectivity index (χ3n) is 2.82. The number of aryl methyl sites for hydroxylation is 1. The van der Waals surface area contributed by atoms with Gasteiger partial charge in [0.05, 0.1) is 6.20 Å². The molecule has 1 heterocycles. The quantitative estimate of drug-likeness (QED) is 0.832. The third-order valence-corrected chi connectivity index (χ3v) is 4.04. The molecule has 2 N–H and O–H groups in total. The Morgan fingerprint density at radius 2 is 2.28 bits per heavy atom. The topological polar surface area (TPSA) is 43.8 Å². The highest BCUT2D eigenvalue weighted by Crippen LogP contribution is 2.24. The molecule has 1 aromatic carbocycles. The van der Waals surface area contributed by atoms with Gasteiger partial charge in [-0.05, 0) is 65.3 Å². The molecule has 2 aromatic rings. The number of hydrogen-bond donors (Lipinski definition) is 1. The molecule has 0 radical (unpaired) electrons. The van der Waals surface area contributed by atoms with E-state index in [-0.39, 0.29) is 6.04 Å². The van der Waals surface area contributed by atoms with Gasteiger partial charge in [-0.15, -0.1) is 0 Å². The van der Waals surface area contributed by atoms with Gasteiger partial charge in [0, 0.05) is 27.4 Å². The maximum atomic E-state index is 6.25. The minimum atomic E-state index is -0.0508. The van der Waals surface area contributed by atoms with E-state index >= 15 is 0 Å². The monoisotopic (exact) mass is 375 g/mol. The van der Waals surface area contributed by atoms with E-state index in [1.807, 2.05) is 35.3 Å². The van der Waals surface area contributed by atoms with E-state index in [0.717, 1.165) is 32.7 Å². The first-order valence-electron chi connectivity index (χ1n) is 5.82. The molecule has 0 aliphatic heterocycles. The van der Waals surface area contributed by atoms with E-state index in [9.17, 15) is 0 Å². The van der Waals surface area contributed by atoms with E-state index < -0.39 is 0 Å². The molecule has 0 bridgehead atoms. The zero-order valence-corrected chi connectivity index (χ0v) is 13.0. The molecule has 1 atom stereocenters. The lowest BCUT2D eigenvalue weighted by Crippen LogP contribution is -2.14. The first-order valence-corrected chi connectivity index (χ1v) is 7.27. The van der Waals surface area contributed by atoms with Crippen LogP contribution in [0, 0.1) is 3.57 Å². The van der Waals surface area contributed by atoms with Crippen LogP contribution in [-0.4, -0.2) is 9.78 Å². The van der Waals surface area contributed by atoms with Gasteiger partial charge in [-0.2, -0.15) is 5.10 Å². The number of hydrogen-bond acceptors (Lipinski definition) is 2. The fraction of sp³-hybridized carbons (Fsp3) is 0.308. The second-order valence-electron chi connectivity index (χ2n) is 4.18. The fourth-order valence-electron chi connectivity index (χ4n) is 1.85. The van der Waals surface area contributed by atoms with Crippen molar-refractivity contribution in [2.45, 2.75) is 25.9 Å². The zero-order valence-electron chi connectivity index (χ0n) is 10.1. The summed E-state index contributed by atoms with van der Waals surface area (Å²) >= 11 is 8.30. The van der Waals surface area contributed by atoms with Crippen molar-refractivity contribution in [1.82, 2.24) is 9.78 Å². The Bertz CT molecular complexity index is 539. The fourth-order valence-corrected chi connectivity index (χ4v) is 2.76. The number of aromatic nitrogens is 2. The molecule has 0 aliphatic rings. The lowest BCUT2D eigenvalue weighted by Gasteiger charge is -2.13. The highest BCUT2D eigenvalue weighted by molar-refractivity contribution is 14.1. The average Bonchev–Trinajstić information content (AvgIpc) is 2.80. The number of rotatable bonds is 4. The molecule has 0 aliphatic carbocycles. The summed E-state index contributed by atoms with van der Waals surface area (Å²) in [6.07, 6.45) is 4.69. The number of nitrogens with zero attached hydrogens (tertiary/aromatic N) is 2. The Labute approximate surface area is 125 Å². The van der Waals surface area contributed by atoms with Crippen molar-refractivity contribution in [3.8, 4) is 0 Å². The van der Waals surface area contributed by atoms with E-state index in [4.69, 9.17) is 17.3 Å². The molecule has 3 nitrogen and oxygen atoms in total. The second kappa shape index (κ2) is 6.04. The molecule has 0 spiro atoms. The lowest BCUT2D eigenvalue weighted by molar-refractivity contribution is 0.657. The summed E-state index contributed by atoms with van der Waals surface area (Å²) in [6.45, 7) is 2.94. The van der Waals surface area contributed by atoms with E-state index in [2.05, 4.69) is 34.6 Å². The van der Waals surface area contributed by atoms with Crippen LogP contribution in [0.2, 0.25) is 5.02 Å². The average molecular weight is 376 g/mol. The van der Waals surface area contributed by atoms with Gasteiger partial charge >= 0.3 is 0 Å². The van der Waals surface area contributed by atoms with E-state index in [1.165, 1.54) is 0 Å². The van der Waals surface area contributed by atoms with Crippen molar-refractivity contribution in [2.24, 2.45) is 5.73 Å². The van der Waals surface area contributed by atoms with Crippen molar-refractivity contribution >= 4 is 34.2 Å². The largest absolute Gasteiger partial charge is 0.324 e. The number of nitrogens with two attached hydrogens (primary N) is 1. The van der Waals surface area contributed by atoms with Gasteiger partial charge in [-0.3, -0.25) is 4.68 Å². The SMILES string of the molecule is CCn1cc(CC(N)c2cc(Cl)ccc2I)cn1. The van der Waals surface area contributed by atoms with Crippen molar-refractivity contribution in [2.75, 3.05) is 0 Å². The van der Waals surface area contributed by atoms with Gasteiger partial charge in [0.25, 0.3) is 0 Å². The van der Waals surface area contributed by atoms with Crippen LogP contribution < -0.4 is 5.73 Å². The summed E-state index contributed by atoms with van der Waals surface area (Å²) in [5, 5.41) is 4.98. The van der Waals surface area contributed by atoms with Crippen LogP contribution in [0.25, 0.3) is 0 Å². The predicted octanol–water partition coefficient (Wildman–Crippen LogP) is 3.40. The molecule has 5 heteroatoms. The number of halogens is 2. The van der Waals surface area contributed by atoms with Gasteiger partial charge in [0.1, 0.15) is 0 Å². The molecule has 0 amide bonds. The van der Waals surface area contributed by atoms with Crippen molar-refractivity contribution < 1.29 is 0 Å². The maximum absolute atomic E-state index is 6.25. The summed E-state index contributed by atoms with van der Waals surface area (Å²) in [6, 6.07) is 5.77. The highest BCUT2D eigenvalue weighted by Gasteiger charge is 2.12. The maximum Gasteiger partial charge on any atom is 0.0522 e. The molecule has 1 unspecified atom stereocenters. The van der Waals surface area contributed by atoms with Crippen LogP contribution in [0.4, 0.5) is 0 Å². The number of benzene rings is 1. The summed E-state index contributed by atoms with van der Waals surface area (Å²) in [5.74, 6) is 0. The summed E-state index contributed by atoms with van der Waals surface area (Å²) in [7, 11) is 0. The molecule has 18 heavy (non-hydrogen) atoms. The molecule has 0 fully saturated rings. The molecule has 0 saturated carbocycles. The van der Waals surface area contributed by atoms with Crippen LogP contribution in [0.15, 0.2) is 30.6 Å². The van der Waals surface area contributed by atoms with Crippen LogP contribution in [0.3, 0.4) is 0 Å². The minimum Gasteiger partial charge on any atom is -0.324 e. The van der Waals surface area contributed by atoms with E-state index in [0.29, 0.717) is 0 Å². The van der Waals surface area contributed by atoms with Gasteiger partial charge in [0.2, 0.25) is 0 Å². The second-order valence-corrected chi connectivity index (χ2v) is 5.78. The summed E-state index contributed by atoms with van der Waals surface area (Å²) in [4.78, 5) is 0. The molecular formula is C13H15ClIN3. The van der Waals surface area contributed by atoms with Gasteiger partial charge in [-0.25, -0.2) is 0 Å². The Balaban J connectivity index is 2.16. The van der Waals surface area contributed by atoms with Crippen LogP contribution in [0.5, 0.6) is 0 Å². The smallest absolute Gasteiger partial charge is 0.0522 e. The Hall–Kier alpha value is -0.590. The van der Waals surface area contributed by atoms with Crippen molar-refractivity contribution in [1.29, 1.82) is 0 Å². The summed E-state index contributed by atoms with van der Waals surface area (Å²) < 4.78 is 3.05. The van der Waals surface area contributed by atoms with E-state index in [1.54, 1.807) is 0 Å². The first kappa shape index (κ1) is 13.8. The Kier molecular flexibility index (Phi) is 4.64. The Morgan fingerprint density at radius 1 is 1.50 bits per heavy atom. The molecule has 2 rings (SSSR count). The molecule has 0 saturated heterocycles. The zero-order chi connectivity index (χ0) is 13.1. The summed E-state index contributed by atoms with van der Waals surface area (Å²) in [5.41, 5.74) is 8.49. The Morgan fingerprint density at radius 3 is 2.94 bits per heavy atom. The third kappa shape index (κ3) is 3.24. The lowest BCUT2D eigenvalue weighted by atomic mass is 10.0. The van der Waals surface area contributed by atoms with Crippen molar-refractivity contribution in [3.05, 3.63) is 50.3 Å². The highest BCUT2D eigenvalue weighted by atomic mass is 127.